The number of benzene rings is 2. The molecular formula is C18H18FNO3. The Bertz CT molecular complexity index is 680. The molecule has 0 saturated heterocycles. The van der Waals surface area contributed by atoms with Gasteiger partial charge in [0.25, 0.3) is 5.91 Å². The van der Waals surface area contributed by atoms with Crippen molar-refractivity contribution in [2.75, 3.05) is 6.54 Å². The van der Waals surface area contributed by atoms with Crippen molar-refractivity contribution in [1.82, 2.24) is 5.32 Å². The molecule has 1 N–H and O–H groups in total. The molecule has 4 nitrogen and oxygen atoms in total. The predicted octanol–water partition coefficient (Wildman–Crippen LogP) is 2.96. The van der Waals surface area contributed by atoms with Crippen LogP contribution in [0.1, 0.15) is 29.8 Å². The van der Waals surface area contributed by atoms with Crippen molar-refractivity contribution in [2.24, 2.45) is 0 Å². The Balaban J connectivity index is 2.05. The van der Waals surface area contributed by atoms with Gasteiger partial charge < -0.3 is 10.1 Å². The zero-order chi connectivity index (χ0) is 16.8. The van der Waals surface area contributed by atoms with Gasteiger partial charge in [0.2, 0.25) is 0 Å². The van der Waals surface area contributed by atoms with E-state index in [-0.39, 0.29) is 17.5 Å². The lowest BCUT2D eigenvalue weighted by atomic mass is 10.0. The highest BCUT2D eigenvalue weighted by Crippen LogP contribution is 2.17. The highest BCUT2D eigenvalue weighted by atomic mass is 19.1. The van der Waals surface area contributed by atoms with Crippen molar-refractivity contribution < 1.29 is 18.7 Å². The summed E-state index contributed by atoms with van der Waals surface area (Å²) in [6, 6.07) is 11.9. The Morgan fingerprint density at radius 2 is 1.57 bits per heavy atom. The van der Waals surface area contributed by atoms with Gasteiger partial charge >= 0.3 is 0 Å². The highest BCUT2D eigenvalue weighted by Gasteiger charge is 2.14. The van der Waals surface area contributed by atoms with Gasteiger partial charge in [0.05, 0.1) is 0 Å². The van der Waals surface area contributed by atoms with Gasteiger partial charge in [0.1, 0.15) is 11.6 Å². The number of likely N-dealkylation sites (N-methyl/N-ethyl adjacent to an activating group) is 1. The minimum absolute atomic E-state index is 0.195. The van der Waals surface area contributed by atoms with E-state index in [2.05, 4.69) is 5.32 Å². The summed E-state index contributed by atoms with van der Waals surface area (Å²) in [5, 5.41) is 2.67. The van der Waals surface area contributed by atoms with Gasteiger partial charge in [-0.15, -0.1) is 0 Å². The molecule has 2 rings (SSSR count). The number of nitrogens with one attached hydrogen (secondary N) is 1. The molecule has 0 aliphatic rings. The largest absolute Gasteiger partial charge is 0.481 e. The Hall–Kier alpha value is -2.69. The molecular weight excluding hydrogens is 297 g/mol. The van der Waals surface area contributed by atoms with Crippen LogP contribution in [0, 0.1) is 5.82 Å². The summed E-state index contributed by atoms with van der Waals surface area (Å²) in [7, 11) is 0. The first-order chi connectivity index (χ1) is 11.0. The second-order valence-electron chi connectivity index (χ2n) is 5.02. The van der Waals surface area contributed by atoms with Crippen molar-refractivity contribution in [2.45, 2.75) is 20.0 Å². The quantitative estimate of drug-likeness (QED) is 0.834. The van der Waals surface area contributed by atoms with E-state index in [0.717, 1.165) is 0 Å². The van der Waals surface area contributed by atoms with E-state index in [1.54, 1.807) is 31.2 Å². The van der Waals surface area contributed by atoms with Gasteiger partial charge in [0.15, 0.2) is 11.9 Å². The van der Waals surface area contributed by atoms with Gasteiger partial charge in [-0.3, -0.25) is 9.59 Å². The van der Waals surface area contributed by atoms with Gasteiger partial charge in [0, 0.05) is 17.7 Å². The van der Waals surface area contributed by atoms with Crippen molar-refractivity contribution in [3.63, 3.8) is 0 Å². The maximum atomic E-state index is 12.9. The van der Waals surface area contributed by atoms with Crippen LogP contribution >= 0.6 is 0 Å². The smallest absolute Gasteiger partial charge is 0.260 e. The first-order valence-corrected chi connectivity index (χ1v) is 7.36. The summed E-state index contributed by atoms with van der Waals surface area (Å²) in [5.74, 6) is -0.281. The molecule has 0 heterocycles. The number of halogens is 1. The fraction of sp³-hybridized carbons (Fsp3) is 0.222. The van der Waals surface area contributed by atoms with E-state index >= 15 is 0 Å². The fourth-order valence-electron chi connectivity index (χ4n) is 2.03. The second-order valence-corrected chi connectivity index (χ2v) is 5.02. The molecule has 23 heavy (non-hydrogen) atoms. The normalized spacial score (nSPS) is 11.6. The third kappa shape index (κ3) is 4.39. The lowest BCUT2D eigenvalue weighted by molar-refractivity contribution is -0.127. The maximum absolute atomic E-state index is 12.9. The van der Waals surface area contributed by atoms with Crippen LogP contribution in [0.5, 0.6) is 5.75 Å². The van der Waals surface area contributed by atoms with Crippen LogP contribution in [0.4, 0.5) is 4.39 Å². The molecule has 0 radical (unpaired) electrons. The van der Waals surface area contributed by atoms with Gasteiger partial charge in [-0.25, -0.2) is 4.39 Å². The zero-order valence-corrected chi connectivity index (χ0v) is 13.0. The summed E-state index contributed by atoms with van der Waals surface area (Å²) in [6.07, 6.45) is -0.617. The van der Waals surface area contributed by atoms with Crippen LogP contribution in [0.3, 0.4) is 0 Å². The highest BCUT2D eigenvalue weighted by molar-refractivity contribution is 6.09. The van der Waals surface area contributed by atoms with Crippen molar-refractivity contribution >= 4 is 11.7 Å². The Morgan fingerprint density at radius 1 is 1.04 bits per heavy atom. The minimum Gasteiger partial charge on any atom is -0.481 e. The van der Waals surface area contributed by atoms with E-state index in [1.165, 1.54) is 24.3 Å². The number of hydrogen-bond acceptors (Lipinski definition) is 3. The molecule has 0 saturated carbocycles. The molecule has 2 aromatic rings. The summed E-state index contributed by atoms with van der Waals surface area (Å²) in [5.41, 5.74) is 0.880. The number of amides is 1. The Labute approximate surface area is 134 Å². The SMILES string of the molecule is CCNC(=O)[C@H](C)Oc1ccc(C(=O)c2ccc(F)cc2)cc1. The number of carbonyl (C=O) groups excluding carboxylic acids is 2. The first-order valence-electron chi connectivity index (χ1n) is 7.36. The third-order valence-corrected chi connectivity index (χ3v) is 3.26. The number of ether oxygens (including phenoxy) is 1. The van der Waals surface area contributed by atoms with Crippen molar-refractivity contribution in [3.05, 3.63) is 65.5 Å². The summed E-state index contributed by atoms with van der Waals surface area (Å²) >= 11 is 0. The summed E-state index contributed by atoms with van der Waals surface area (Å²) in [4.78, 5) is 23.9. The molecule has 0 aromatic heterocycles. The predicted molar refractivity (Wildman–Crippen MR) is 85.0 cm³/mol. The third-order valence-electron chi connectivity index (χ3n) is 3.26. The molecule has 5 heteroatoms. The van der Waals surface area contributed by atoms with Crippen LogP contribution in [-0.4, -0.2) is 24.3 Å². The van der Waals surface area contributed by atoms with Gasteiger partial charge in [-0.1, -0.05) is 0 Å². The molecule has 0 spiro atoms. The lowest BCUT2D eigenvalue weighted by Crippen LogP contribution is -2.36. The van der Waals surface area contributed by atoms with Crippen molar-refractivity contribution in [3.8, 4) is 5.75 Å². The maximum Gasteiger partial charge on any atom is 0.260 e. The van der Waals surface area contributed by atoms with Crippen LogP contribution in [0.15, 0.2) is 48.5 Å². The van der Waals surface area contributed by atoms with Gasteiger partial charge in [-0.05, 0) is 62.4 Å². The van der Waals surface area contributed by atoms with E-state index in [9.17, 15) is 14.0 Å². The van der Waals surface area contributed by atoms with Crippen LogP contribution in [0.2, 0.25) is 0 Å². The summed E-state index contributed by atoms with van der Waals surface area (Å²) < 4.78 is 18.4. The molecule has 2 aromatic carbocycles. The topological polar surface area (TPSA) is 55.4 Å². The standard InChI is InChI=1S/C18H18FNO3/c1-3-20-18(22)12(2)23-16-10-6-14(7-11-16)17(21)13-4-8-15(19)9-5-13/h4-12H,3H2,1-2H3,(H,20,22)/t12-/m0/s1. The number of hydrogen-bond donors (Lipinski definition) is 1. The van der Waals surface area contributed by atoms with Crippen LogP contribution < -0.4 is 10.1 Å². The van der Waals surface area contributed by atoms with E-state index < -0.39 is 6.10 Å². The Kier molecular flexibility index (Phi) is 5.46. The van der Waals surface area contributed by atoms with E-state index in [4.69, 9.17) is 4.74 Å². The molecule has 1 amide bonds. The molecule has 1 atom stereocenters. The number of ketones is 1. The molecule has 0 aliphatic heterocycles. The van der Waals surface area contributed by atoms with E-state index in [0.29, 0.717) is 23.4 Å². The molecule has 120 valence electrons. The fourth-order valence-corrected chi connectivity index (χ4v) is 2.03. The number of rotatable bonds is 6. The number of carbonyl (C=O) groups is 2. The average molecular weight is 315 g/mol. The van der Waals surface area contributed by atoms with Crippen LogP contribution in [-0.2, 0) is 4.79 Å². The zero-order valence-electron chi connectivity index (χ0n) is 13.0. The molecule has 0 aliphatic carbocycles. The Morgan fingerprint density at radius 3 is 2.09 bits per heavy atom. The van der Waals surface area contributed by atoms with E-state index in [1.807, 2.05) is 6.92 Å². The van der Waals surface area contributed by atoms with Crippen LogP contribution in [0.25, 0.3) is 0 Å². The lowest BCUT2D eigenvalue weighted by Gasteiger charge is -2.14. The summed E-state index contributed by atoms with van der Waals surface area (Å²) in [6.45, 7) is 4.03. The van der Waals surface area contributed by atoms with Crippen molar-refractivity contribution in [1.29, 1.82) is 0 Å². The molecule has 0 unspecified atom stereocenters. The van der Waals surface area contributed by atoms with Gasteiger partial charge in [-0.2, -0.15) is 0 Å². The molecule has 0 fully saturated rings. The molecule has 0 bridgehead atoms. The monoisotopic (exact) mass is 315 g/mol. The first kappa shape index (κ1) is 16.7. The minimum atomic E-state index is -0.617. The average Bonchev–Trinajstić information content (AvgIpc) is 2.56. The second kappa shape index (κ2) is 7.54.